The van der Waals surface area contributed by atoms with Crippen molar-refractivity contribution in [3.63, 3.8) is 0 Å². The Hall–Kier alpha value is -3.31. The summed E-state index contributed by atoms with van der Waals surface area (Å²) in [6.07, 6.45) is 1.67. The first-order chi connectivity index (χ1) is 16.7. The molecule has 2 aliphatic rings. The second kappa shape index (κ2) is 9.04. The molecule has 1 aliphatic carbocycles. The van der Waals surface area contributed by atoms with Gasteiger partial charge in [0.1, 0.15) is 0 Å². The van der Waals surface area contributed by atoms with E-state index < -0.39 is 5.41 Å². The number of amides is 1. The average molecular weight is 471 g/mol. The molecule has 3 aromatic rings. The van der Waals surface area contributed by atoms with Crippen LogP contribution in [0.2, 0.25) is 0 Å². The molecule has 1 aliphatic heterocycles. The fourth-order valence-corrected chi connectivity index (χ4v) is 4.61. The third-order valence-electron chi connectivity index (χ3n) is 6.85. The lowest BCUT2D eigenvalue weighted by atomic mass is 9.94. The van der Waals surface area contributed by atoms with Crippen LogP contribution in [0.15, 0.2) is 60.7 Å². The Morgan fingerprint density at radius 2 is 1.69 bits per heavy atom. The van der Waals surface area contributed by atoms with Gasteiger partial charge in [-0.15, -0.1) is 0 Å². The zero-order valence-corrected chi connectivity index (χ0v) is 21.0. The molecule has 1 amide bonds. The van der Waals surface area contributed by atoms with E-state index in [-0.39, 0.29) is 18.1 Å². The summed E-state index contributed by atoms with van der Waals surface area (Å²) >= 11 is 0. The minimum Gasteiger partial charge on any atom is -0.454 e. The van der Waals surface area contributed by atoms with Gasteiger partial charge < -0.3 is 20.1 Å². The number of hydrogen-bond donors (Lipinski definition) is 2. The zero-order chi connectivity index (χ0) is 24.6. The summed E-state index contributed by atoms with van der Waals surface area (Å²) < 4.78 is 10.9. The summed E-state index contributed by atoms with van der Waals surface area (Å²) in [7, 11) is 0. The molecule has 5 rings (SSSR count). The van der Waals surface area contributed by atoms with Crippen LogP contribution >= 0.6 is 0 Å². The van der Waals surface area contributed by atoms with Crippen LogP contribution in [0.5, 0.6) is 11.5 Å². The van der Waals surface area contributed by atoms with Gasteiger partial charge in [0.25, 0.3) is 0 Å². The number of ether oxygens (including phenoxy) is 2. The minimum atomic E-state index is -0.492. The number of hydrogen-bond acceptors (Lipinski definition) is 4. The van der Waals surface area contributed by atoms with Crippen LogP contribution in [-0.2, 0) is 16.8 Å². The third-order valence-corrected chi connectivity index (χ3v) is 6.85. The van der Waals surface area contributed by atoms with Gasteiger partial charge in [-0.25, -0.2) is 0 Å². The van der Waals surface area contributed by atoms with Crippen molar-refractivity contribution >= 4 is 11.6 Å². The molecule has 182 valence electrons. The van der Waals surface area contributed by atoms with E-state index in [0.717, 1.165) is 59.8 Å². The monoisotopic (exact) mass is 470 g/mol. The van der Waals surface area contributed by atoms with Crippen molar-refractivity contribution in [1.82, 2.24) is 5.32 Å². The standard InChI is InChI=1S/C30H34N2O3/c1-20-5-11-24(16-25(20)22-8-6-21(7-9-22)17-31-18-29(2,3)4)32-28(33)30(13-14-30)23-10-12-26-27(15-23)35-19-34-26/h5-12,15-16,31H,13-14,17-19H2,1-4H3,(H,32,33). The Kier molecular flexibility index (Phi) is 6.06. The van der Waals surface area contributed by atoms with Crippen LogP contribution in [0, 0.1) is 12.3 Å². The molecular weight excluding hydrogens is 436 g/mol. The van der Waals surface area contributed by atoms with Crippen LogP contribution < -0.4 is 20.1 Å². The van der Waals surface area contributed by atoms with E-state index in [1.54, 1.807) is 0 Å². The molecule has 0 radical (unpaired) electrons. The molecule has 0 saturated heterocycles. The van der Waals surface area contributed by atoms with Crippen LogP contribution in [0.4, 0.5) is 5.69 Å². The first-order valence-corrected chi connectivity index (χ1v) is 12.4. The smallest absolute Gasteiger partial charge is 0.235 e. The van der Waals surface area contributed by atoms with E-state index >= 15 is 0 Å². The zero-order valence-electron chi connectivity index (χ0n) is 21.0. The van der Waals surface area contributed by atoms with Crippen molar-refractivity contribution in [2.75, 3.05) is 18.7 Å². The number of aryl methyl sites for hydroxylation is 1. The highest BCUT2D eigenvalue weighted by Gasteiger charge is 2.51. The molecule has 3 aromatic carbocycles. The number of carbonyl (C=O) groups is 1. The van der Waals surface area contributed by atoms with E-state index in [2.05, 4.69) is 74.7 Å². The van der Waals surface area contributed by atoms with Crippen LogP contribution in [0.3, 0.4) is 0 Å². The normalized spacial score (nSPS) is 15.7. The van der Waals surface area contributed by atoms with Crippen molar-refractivity contribution in [3.8, 4) is 22.6 Å². The fraction of sp³-hybridized carbons (Fsp3) is 0.367. The molecule has 0 atom stereocenters. The van der Waals surface area contributed by atoms with Gasteiger partial charge >= 0.3 is 0 Å². The Balaban J connectivity index is 1.29. The minimum absolute atomic E-state index is 0.0337. The lowest BCUT2D eigenvalue weighted by molar-refractivity contribution is -0.118. The van der Waals surface area contributed by atoms with Crippen LogP contribution in [0.25, 0.3) is 11.1 Å². The lowest BCUT2D eigenvalue weighted by Gasteiger charge is -2.19. The highest BCUT2D eigenvalue weighted by atomic mass is 16.7. The van der Waals surface area contributed by atoms with Crippen molar-refractivity contribution in [1.29, 1.82) is 0 Å². The molecule has 1 fully saturated rings. The molecule has 0 aromatic heterocycles. The SMILES string of the molecule is Cc1ccc(NC(=O)C2(c3ccc4c(c3)OCO4)CC2)cc1-c1ccc(CNCC(C)(C)C)cc1. The largest absolute Gasteiger partial charge is 0.454 e. The van der Waals surface area contributed by atoms with E-state index in [0.29, 0.717) is 0 Å². The first-order valence-electron chi connectivity index (χ1n) is 12.4. The molecule has 0 bridgehead atoms. The molecule has 0 spiro atoms. The molecule has 5 heteroatoms. The molecule has 1 saturated carbocycles. The number of fused-ring (bicyclic) bond motifs is 1. The summed E-state index contributed by atoms with van der Waals surface area (Å²) in [6, 6.07) is 20.7. The number of benzene rings is 3. The Morgan fingerprint density at radius 3 is 2.40 bits per heavy atom. The lowest BCUT2D eigenvalue weighted by Crippen LogP contribution is -2.27. The van der Waals surface area contributed by atoms with E-state index in [1.807, 2.05) is 24.3 Å². The topological polar surface area (TPSA) is 59.6 Å². The number of anilines is 1. The van der Waals surface area contributed by atoms with Crippen molar-refractivity contribution in [3.05, 3.63) is 77.4 Å². The predicted octanol–water partition coefficient (Wildman–Crippen LogP) is 6.20. The molecule has 0 unspecified atom stereocenters. The van der Waals surface area contributed by atoms with Gasteiger partial charge in [0.05, 0.1) is 5.41 Å². The van der Waals surface area contributed by atoms with Gasteiger partial charge in [0, 0.05) is 18.8 Å². The number of rotatable bonds is 7. The highest BCUT2D eigenvalue weighted by Crippen LogP contribution is 2.51. The Labute approximate surface area is 207 Å². The van der Waals surface area contributed by atoms with E-state index in [4.69, 9.17) is 9.47 Å². The van der Waals surface area contributed by atoms with Crippen LogP contribution in [-0.4, -0.2) is 19.2 Å². The third kappa shape index (κ3) is 5.06. The van der Waals surface area contributed by atoms with E-state index in [1.165, 1.54) is 11.1 Å². The summed E-state index contributed by atoms with van der Waals surface area (Å²) in [4.78, 5) is 13.4. The maximum absolute atomic E-state index is 13.4. The summed E-state index contributed by atoms with van der Waals surface area (Å²) in [5, 5.41) is 6.71. The number of nitrogens with one attached hydrogen (secondary N) is 2. The molecular formula is C30H34N2O3. The second-order valence-electron chi connectivity index (χ2n) is 11.0. The van der Waals surface area contributed by atoms with Gasteiger partial charge in [-0.2, -0.15) is 0 Å². The van der Waals surface area contributed by atoms with Gasteiger partial charge in [-0.05, 0) is 77.3 Å². The van der Waals surface area contributed by atoms with Crippen molar-refractivity contribution < 1.29 is 14.3 Å². The highest BCUT2D eigenvalue weighted by molar-refractivity contribution is 6.02. The molecule has 35 heavy (non-hydrogen) atoms. The summed E-state index contributed by atoms with van der Waals surface area (Å²) in [5.41, 5.74) is 6.30. The summed E-state index contributed by atoms with van der Waals surface area (Å²) in [5.74, 6) is 1.49. The first kappa shape index (κ1) is 23.4. The maximum atomic E-state index is 13.4. The van der Waals surface area contributed by atoms with Gasteiger partial charge in [-0.1, -0.05) is 57.2 Å². The van der Waals surface area contributed by atoms with Crippen molar-refractivity contribution in [2.45, 2.75) is 52.5 Å². The molecule has 5 nitrogen and oxygen atoms in total. The maximum Gasteiger partial charge on any atom is 0.235 e. The predicted molar refractivity (Wildman–Crippen MR) is 140 cm³/mol. The van der Waals surface area contributed by atoms with Crippen LogP contribution in [0.1, 0.15) is 50.3 Å². The van der Waals surface area contributed by atoms with Gasteiger partial charge in [0.2, 0.25) is 12.7 Å². The van der Waals surface area contributed by atoms with Gasteiger partial charge in [0.15, 0.2) is 11.5 Å². The van der Waals surface area contributed by atoms with Gasteiger partial charge in [-0.3, -0.25) is 4.79 Å². The van der Waals surface area contributed by atoms with E-state index in [9.17, 15) is 4.79 Å². The quantitative estimate of drug-likeness (QED) is 0.432. The second-order valence-corrected chi connectivity index (χ2v) is 11.0. The molecule has 1 heterocycles. The Bertz CT molecular complexity index is 1240. The Morgan fingerprint density at radius 1 is 0.943 bits per heavy atom. The summed E-state index contributed by atoms with van der Waals surface area (Å²) in [6.45, 7) is 10.9. The number of carbonyl (C=O) groups excluding carboxylic acids is 1. The average Bonchev–Trinajstić information content (AvgIpc) is 3.51. The fourth-order valence-electron chi connectivity index (χ4n) is 4.61. The van der Waals surface area contributed by atoms with Crippen molar-refractivity contribution in [2.24, 2.45) is 5.41 Å². The molecule has 2 N–H and O–H groups in total.